The molecule has 0 saturated carbocycles. The van der Waals surface area contributed by atoms with Crippen molar-refractivity contribution >= 4 is 53.3 Å². The van der Waals surface area contributed by atoms with E-state index in [1.807, 2.05) is 67.6 Å². The van der Waals surface area contributed by atoms with Crippen LogP contribution >= 0.6 is 0 Å². The zero-order valence-electron chi connectivity index (χ0n) is 35.4. The Hall–Kier alpha value is -6.86. The van der Waals surface area contributed by atoms with Gasteiger partial charge in [0, 0.05) is 66.7 Å². The Kier molecular flexibility index (Phi) is 13.2. The molecule has 5 aromatic carbocycles. The van der Waals surface area contributed by atoms with Gasteiger partial charge in [-0.05, 0) is 97.6 Å². The van der Waals surface area contributed by atoms with E-state index in [0.717, 1.165) is 47.1 Å². The minimum Gasteiger partial charge on any atom is -0.493 e. The Labute approximate surface area is 356 Å². The number of rotatable bonds is 18. The van der Waals surface area contributed by atoms with E-state index in [9.17, 15) is 14.4 Å². The number of hydrogen-bond donors (Lipinski definition) is 3. The molecule has 13 nitrogen and oxygen atoms in total. The molecule has 3 N–H and O–H groups in total. The summed E-state index contributed by atoms with van der Waals surface area (Å²) in [5.74, 6) is 1.67. The molecule has 61 heavy (non-hydrogen) atoms. The minimum absolute atomic E-state index is 0.116. The van der Waals surface area contributed by atoms with Gasteiger partial charge in [0.25, 0.3) is 0 Å². The highest BCUT2D eigenvalue weighted by Gasteiger charge is 2.28. The summed E-state index contributed by atoms with van der Waals surface area (Å²) < 4.78 is 24.2. The predicted molar refractivity (Wildman–Crippen MR) is 240 cm³/mol. The summed E-state index contributed by atoms with van der Waals surface area (Å²) in [6.45, 7) is 4.58. The van der Waals surface area contributed by atoms with Gasteiger partial charge in [-0.3, -0.25) is 19.4 Å². The lowest BCUT2D eigenvalue weighted by atomic mass is 10.1. The number of carbonyl (C=O) groups excluding carboxylic acids is 3. The number of para-hydroxylation sites is 2. The van der Waals surface area contributed by atoms with Gasteiger partial charge in [-0.1, -0.05) is 36.4 Å². The van der Waals surface area contributed by atoms with Crippen LogP contribution in [0, 0.1) is 6.92 Å². The fraction of sp³-hybridized carbons (Fsp3) is 0.292. The first-order valence-corrected chi connectivity index (χ1v) is 20.3. The van der Waals surface area contributed by atoms with Gasteiger partial charge in [0.1, 0.15) is 13.2 Å². The third kappa shape index (κ3) is 9.47. The smallest absolute Gasteiger partial charge is 0.241 e. The number of aldehydes is 1. The molecule has 0 aliphatic carbocycles. The van der Waals surface area contributed by atoms with Crippen molar-refractivity contribution in [3.63, 3.8) is 0 Å². The largest absolute Gasteiger partial charge is 0.493 e. The van der Waals surface area contributed by atoms with Crippen LogP contribution in [0.5, 0.6) is 23.0 Å². The molecule has 3 atom stereocenters. The molecule has 2 aliphatic rings. The maximum Gasteiger partial charge on any atom is 0.241 e. The average molecular weight is 825 g/mol. The van der Waals surface area contributed by atoms with Crippen molar-refractivity contribution in [2.45, 2.75) is 58.0 Å². The lowest BCUT2D eigenvalue weighted by Crippen LogP contribution is -2.35. The molecule has 7 rings (SSSR count). The quantitative estimate of drug-likeness (QED) is 0.0609. The van der Waals surface area contributed by atoms with E-state index in [0.29, 0.717) is 58.6 Å². The molecular weight excluding hydrogens is 773 g/mol. The molecule has 2 amide bonds. The average Bonchev–Trinajstić information content (AvgIpc) is 3.81. The number of fused-ring (bicyclic) bond motifs is 2. The number of hydrogen-bond acceptors (Lipinski definition) is 11. The van der Waals surface area contributed by atoms with Crippen molar-refractivity contribution in [1.82, 2.24) is 5.32 Å². The van der Waals surface area contributed by atoms with Crippen LogP contribution in [-0.2, 0) is 35.6 Å². The molecule has 2 aliphatic heterocycles. The lowest BCUT2D eigenvalue weighted by Gasteiger charge is -2.24. The van der Waals surface area contributed by atoms with Crippen LogP contribution in [0.25, 0.3) is 0 Å². The first-order chi connectivity index (χ1) is 29.6. The molecule has 0 aromatic heterocycles. The number of amides is 2. The zero-order valence-corrected chi connectivity index (χ0v) is 35.4. The molecule has 13 heteroatoms. The molecule has 1 unspecified atom stereocenters. The lowest BCUT2D eigenvalue weighted by molar-refractivity contribution is -0.117. The van der Waals surface area contributed by atoms with E-state index < -0.39 is 6.04 Å². The monoisotopic (exact) mass is 824 g/mol. The van der Waals surface area contributed by atoms with Crippen LogP contribution in [0.3, 0.4) is 0 Å². The molecular formula is C48H52N6O7. The fourth-order valence-corrected chi connectivity index (χ4v) is 7.78. The highest BCUT2D eigenvalue weighted by atomic mass is 16.5. The predicted octanol–water partition coefficient (Wildman–Crippen LogP) is 7.29. The topological polar surface area (TPSA) is 143 Å². The van der Waals surface area contributed by atoms with Crippen molar-refractivity contribution in [1.29, 1.82) is 0 Å². The Morgan fingerprint density at radius 3 is 2.11 bits per heavy atom. The van der Waals surface area contributed by atoms with Crippen molar-refractivity contribution in [3.8, 4) is 23.0 Å². The number of ether oxygens (including phenoxy) is 4. The first kappa shape index (κ1) is 42.3. The number of nitrogens with one attached hydrogen (secondary N) is 3. The summed E-state index contributed by atoms with van der Waals surface area (Å²) in [7, 11) is 6.93. The first-order valence-electron chi connectivity index (χ1n) is 20.3. The number of methoxy groups -OCH3 is 2. The van der Waals surface area contributed by atoms with Crippen molar-refractivity contribution < 1.29 is 33.3 Å². The van der Waals surface area contributed by atoms with Gasteiger partial charge < -0.3 is 44.7 Å². The second-order valence-electron chi connectivity index (χ2n) is 15.3. The van der Waals surface area contributed by atoms with Crippen molar-refractivity contribution in [3.05, 3.63) is 124 Å². The summed E-state index contributed by atoms with van der Waals surface area (Å²) in [5.41, 5.74) is 9.22. The van der Waals surface area contributed by atoms with Gasteiger partial charge in [0.15, 0.2) is 29.3 Å². The standard InChI is InChI=1S/C48H52N6O7/c1-30-15-44(58-5)46(22-40(30)50-25-39-20-35-12-8-10-14-43(35)54(39)29-56)60-27-32-16-33(18-37(17-32)52-48(57)31(2)49-3)28-61-47-23-41(36(26-55)21-45(47)59-6)51-24-38-19-34-11-7-9-13-42(34)53(38)4/h7-18,21-23,25-26,29,31,38-39,49,51H,19-20,24,27-28H2,1-6H3,(H,52,57)/b50-25-/t31-,38?,39-/m0/s1. The highest BCUT2D eigenvalue weighted by Crippen LogP contribution is 2.38. The van der Waals surface area contributed by atoms with E-state index >= 15 is 0 Å². The van der Waals surface area contributed by atoms with Gasteiger partial charge in [0.2, 0.25) is 12.3 Å². The number of aliphatic imine (C=N–C) groups is 1. The molecule has 0 spiro atoms. The molecule has 5 aromatic rings. The second-order valence-corrected chi connectivity index (χ2v) is 15.3. The van der Waals surface area contributed by atoms with Crippen LogP contribution in [0.1, 0.15) is 45.1 Å². The van der Waals surface area contributed by atoms with Crippen LogP contribution in [-0.4, -0.2) is 77.8 Å². The van der Waals surface area contributed by atoms with Crippen LogP contribution < -0.4 is 44.7 Å². The number of benzene rings is 5. The number of anilines is 4. The van der Waals surface area contributed by atoms with E-state index in [1.54, 1.807) is 44.3 Å². The molecule has 2 heterocycles. The molecule has 0 radical (unpaired) electrons. The Morgan fingerprint density at radius 2 is 1.48 bits per heavy atom. The summed E-state index contributed by atoms with van der Waals surface area (Å²) in [5, 5.41) is 9.47. The van der Waals surface area contributed by atoms with Gasteiger partial charge >= 0.3 is 0 Å². The fourth-order valence-electron chi connectivity index (χ4n) is 7.78. The van der Waals surface area contributed by atoms with E-state index in [4.69, 9.17) is 23.9 Å². The van der Waals surface area contributed by atoms with Crippen molar-refractivity contribution in [2.75, 3.05) is 55.3 Å². The summed E-state index contributed by atoms with van der Waals surface area (Å²) in [6, 6.07) is 28.6. The van der Waals surface area contributed by atoms with Gasteiger partial charge in [-0.2, -0.15) is 0 Å². The van der Waals surface area contributed by atoms with Crippen LogP contribution in [0.15, 0.2) is 96.0 Å². The zero-order chi connectivity index (χ0) is 43.0. The minimum atomic E-state index is -0.433. The van der Waals surface area contributed by atoms with Crippen molar-refractivity contribution in [2.24, 2.45) is 4.99 Å². The Balaban J connectivity index is 1.10. The van der Waals surface area contributed by atoms with Gasteiger partial charge in [-0.15, -0.1) is 0 Å². The second kappa shape index (κ2) is 19.0. The summed E-state index contributed by atoms with van der Waals surface area (Å²) in [4.78, 5) is 46.0. The molecule has 316 valence electrons. The Morgan fingerprint density at radius 1 is 0.836 bits per heavy atom. The summed E-state index contributed by atoms with van der Waals surface area (Å²) >= 11 is 0. The SMILES string of the molecule is CN[C@@H](C)C(=O)Nc1cc(COc2cc(/N=C\[C@@H]3Cc4ccccc4N3C=O)c(C)cc2OC)cc(COc2cc(NCC3Cc4ccccc4N3C)c(C=O)cc2OC)c1. The number of likely N-dealkylation sites (N-methyl/N-ethyl adjacent to an activating group) is 2. The highest BCUT2D eigenvalue weighted by molar-refractivity contribution is 5.95. The Bertz CT molecular complexity index is 2440. The van der Waals surface area contributed by atoms with E-state index in [2.05, 4.69) is 46.1 Å². The maximum absolute atomic E-state index is 13.0. The number of carbonyl (C=O) groups is 3. The third-order valence-electron chi connectivity index (χ3n) is 11.3. The van der Waals surface area contributed by atoms with E-state index in [1.165, 1.54) is 18.4 Å². The summed E-state index contributed by atoms with van der Waals surface area (Å²) in [6.07, 6.45) is 5.01. The molecule has 0 bridgehead atoms. The van der Waals surface area contributed by atoms with Crippen LogP contribution in [0.2, 0.25) is 0 Å². The maximum atomic E-state index is 13.0. The number of aryl methyl sites for hydroxylation is 1. The third-order valence-corrected chi connectivity index (χ3v) is 11.3. The molecule has 0 saturated heterocycles. The normalized spacial score (nSPS) is 15.8. The molecule has 0 fully saturated rings. The van der Waals surface area contributed by atoms with Gasteiger partial charge in [0.05, 0.1) is 38.0 Å². The van der Waals surface area contributed by atoms with Gasteiger partial charge in [-0.25, -0.2) is 0 Å². The number of nitrogens with zero attached hydrogens (tertiary/aromatic N) is 3. The van der Waals surface area contributed by atoms with E-state index in [-0.39, 0.29) is 31.2 Å². The van der Waals surface area contributed by atoms with Crippen LogP contribution in [0.4, 0.5) is 28.4 Å².